The molecule has 0 spiro atoms. The van der Waals surface area contributed by atoms with Gasteiger partial charge in [-0.1, -0.05) is 76.3 Å². The maximum Gasteiger partial charge on any atom is 0.343 e. The molecule has 0 fully saturated rings. The van der Waals surface area contributed by atoms with Gasteiger partial charge < -0.3 is 24.8 Å². The number of carbonyl (C=O) groups is 1. The van der Waals surface area contributed by atoms with Gasteiger partial charge in [0.1, 0.15) is 22.9 Å². The molecule has 2 aromatic carbocycles. The Morgan fingerprint density at radius 1 is 0.837 bits per heavy atom. The third-order valence-corrected chi connectivity index (χ3v) is 6.73. The molecular weight excluding hydrogens is 542 g/mol. The Morgan fingerprint density at radius 3 is 2.47 bits per heavy atom. The van der Waals surface area contributed by atoms with Crippen LogP contribution in [0.25, 0.3) is 11.1 Å². The van der Waals surface area contributed by atoms with Gasteiger partial charge in [0.15, 0.2) is 5.82 Å². The van der Waals surface area contributed by atoms with Gasteiger partial charge in [-0.3, -0.25) is 0 Å². The fourth-order valence-electron chi connectivity index (χ4n) is 4.55. The van der Waals surface area contributed by atoms with Crippen LogP contribution in [0.3, 0.4) is 0 Å². The lowest BCUT2D eigenvalue weighted by atomic mass is 10.0. The summed E-state index contributed by atoms with van der Waals surface area (Å²) >= 11 is 0. The Hall–Kier alpha value is -4.66. The summed E-state index contributed by atoms with van der Waals surface area (Å²) in [6.07, 6.45) is 11.1. The zero-order chi connectivity index (χ0) is 30.3. The average molecular weight is 584 g/mol. The van der Waals surface area contributed by atoms with E-state index in [1.54, 1.807) is 19.4 Å². The summed E-state index contributed by atoms with van der Waals surface area (Å²) in [6, 6.07) is 19.3. The molecule has 4 aromatic rings. The van der Waals surface area contributed by atoms with Gasteiger partial charge in [-0.15, -0.1) is 0 Å². The van der Waals surface area contributed by atoms with Crippen molar-refractivity contribution in [1.29, 1.82) is 0 Å². The number of para-hydroxylation sites is 1. The Labute approximate surface area is 254 Å². The van der Waals surface area contributed by atoms with Crippen molar-refractivity contribution in [3.63, 3.8) is 0 Å². The monoisotopic (exact) mass is 583 g/mol. The minimum Gasteiger partial charge on any atom is -0.494 e. The molecule has 0 saturated carbocycles. The number of aromatic nitrogens is 3. The molecule has 43 heavy (non-hydrogen) atoms. The average Bonchev–Trinajstić information content (AvgIpc) is 3.04. The summed E-state index contributed by atoms with van der Waals surface area (Å²) in [6.45, 7) is 5.15. The molecule has 0 amide bonds. The number of esters is 1. The molecule has 4 rings (SSSR count). The van der Waals surface area contributed by atoms with Gasteiger partial charge in [-0.25, -0.2) is 14.8 Å². The van der Waals surface area contributed by atoms with Crippen molar-refractivity contribution in [3.05, 3.63) is 78.6 Å². The SMILES string of the molecule is CCCCCCCCOc1cccc(-c2cccc(Nc3nc(Nc4ccccn4)ncc3C(=O)OCCC)c2OC)c1. The largest absolute Gasteiger partial charge is 0.494 e. The van der Waals surface area contributed by atoms with E-state index in [9.17, 15) is 4.79 Å². The van der Waals surface area contributed by atoms with Crippen molar-refractivity contribution < 1.29 is 19.0 Å². The maximum atomic E-state index is 12.9. The smallest absolute Gasteiger partial charge is 0.343 e. The van der Waals surface area contributed by atoms with E-state index in [4.69, 9.17) is 14.2 Å². The van der Waals surface area contributed by atoms with E-state index in [-0.39, 0.29) is 17.3 Å². The fraction of sp³-hybridized carbons (Fsp3) is 0.353. The number of benzene rings is 2. The number of ether oxygens (including phenoxy) is 3. The Balaban J connectivity index is 1.57. The number of methoxy groups -OCH3 is 1. The number of pyridine rings is 1. The summed E-state index contributed by atoms with van der Waals surface area (Å²) in [7, 11) is 1.62. The molecular formula is C34H41N5O4. The van der Waals surface area contributed by atoms with Crippen LogP contribution in [0.15, 0.2) is 73.1 Å². The molecule has 0 bridgehead atoms. The molecule has 2 N–H and O–H groups in total. The van der Waals surface area contributed by atoms with Gasteiger partial charge in [0.05, 0.1) is 26.0 Å². The van der Waals surface area contributed by atoms with Crippen molar-refractivity contribution in [3.8, 4) is 22.6 Å². The van der Waals surface area contributed by atoms with Crippen molar-refractivity contribution >= 4 is 29.2 Å². The highest BCUT2D eigenvalue weighted by Gasteiger charge is 2.19. The summed E-state index contributed by atoms with van der Waals surface area (Å²) in [5, 5.41) is 6.37. The standard InChI is InChI=1S/C34H41N5O4/c1-4-6-7-8-9-12-22-42-26-16-13-15-25(23-26)27-17-14-18-29(31(27)41-3)37-32-28(33(40)43-21-5-2)24-36-34(39-32)38-30-19-10-11-20-35-30/h10-11,13-20,23-24H,4-9,12,21-22H2,1-3H3,(H2,35,36,37,38,39). The second-order valence-corrected chi connectivity index (χ2v) is 10.1. The van der Waals surface area contributed by atoms with Crippen LogP contribution in [0.5, 0.6) is 11.5 Å². The van der Waals surface area contributed by atoms with Crippen molar-refractivity contribution in [2.45, 2.75) is 58.8 Å². The number of nitrogens with zero attached hydrogens (tertiary/aromatic N) is 3. The van der Waals surface area contributed by atoms with Crippen LogP contribution < -0.4 is 20.1 Å². The van der Waals surface area contributed by atoms with Gasteiger partial charge in [0.2, 0.25) is 5.95 Å². The molecule has 0 unspecified atom stereocenters. The molecule has 0 aliphatic carbocycles. The van der Waals surface area contributed by atoms with Gasteiger partial charge in [-0.2, -0.15) is 4.98 Å². The minimum absolute atomic E-state index is 0.206. The van der Waals surface area contributed by atoms with E-state index < -0.39 is 5.97 Å². The summed E-state index contributed by atoms with van der Waals surface area (Å²) in [5.41, 5.74) is 2.65. The molecule has 2 aromatic heterocycles. The number of hydrogen-bond acceptors (Lipinski definition) is 9. The fourth-order valence-corrected chi connectivity index (χ4v) is 4.55. The molecule has 0 saturated heterocycles. The number of hydrogen-bond donors (Lipinski definition) is 2. The van der Waals surface area contributed by atoms with Crippen LogP contribution in [0, 0.1) is 0 Å². The van der Waals surface area contributed by atoms with Gasteiger partial charge in [0, 0.05) is 18.0 Å². The second-order valence-electron chi connectivity index (χ2n) is 10.1. The number of rotatable bonds is 17. The van der Waals surface area contributed by atoms with Crippen LogP contribution in [0.2, 0.25) is 0 Å². The zero-order valence-corrected chi connectivity index (χ0v) is 25.3. The van der Waals surface area contributed by atoms with E-state index >= 15 is 0 Å². The second kappa shape index (κ2) is 16.7. The summed E-state index contributed by atoms with van der Waals surface area (Å²) in [5.74, 6) is 2.03. The molecule has 9 heteroatoms. The van der Waals surface area contributed by atoms with Crippen molar-refractivity contribution in [2.24, 2.45) is 0 Å². The highest BCUT2D eigenvalue weighted by Crippen LogP contribution is 2.39. The van der Waals surface area contributed by atoms with E-state index in [0.29, 0.717) is 36.9 Å². The van der Waals surface area contributed by atoms with Crippen LogP contribution in [0.1, 0.15) is 69.2 Å². The Kier molecular flexibility index (Phi) is 12.1. The van der Waals surface area contributed by atoms with Gasteiger partial charge in [-0.05, 0) is 48.7 Å². The molecule has 2 heterocycles. The van der Waals surface area contributed by atoms with E-state index in [1.807, 2.05) is 61.5 Å². The molecule has 0 radical (unpaired) electrons. The summed E-state index contributed by atoms with van der Waals surface area (Å²) < 4.78 is 17.4. The molecule has 9 nitrogen and oxygen atoms in total. The van der Waals surface area contributed by atoms with Crippen molar-refractivity contribution in [1.82, 2.24) is 15.0 Å². The van der Waals surface area contributed by atoms with E-state index in [0.717, 1.165) is 23.3 Å². The topological polar surface area (TPSA) is 107 Å². The maximum absolute atomic E-state index is 12.9. The first kappa shape index (κ1) is 31.3. The van der Waals surface area contributed by atoms with Crippen LogP contribution in [-0.4, -0.2) is 41.2 Å². The third kappa shape index (κ3) is 9.16. The first-order valence-corrected chi connectivity index (χ1v) is 15.0. The number of nitrogens with one attached hydrogen (secondary N) is 2. The highest BCUT2D eigenvalue weighted by atomic mass is 16.5. The molecule has 226 valence electrons. The lowest BCUT2D eigenvalue weighted by Gasteiger charge is -2.17. The third-order valence-electron chi connectivity index (χ3n) is 6.73. The number of carbonyl (C=O) groups excluding carboxylic acids is 1. The molecule has 0 aliphatic rings. The van der Waals surface area contributed by atoms with E-state index in [1.165, 1.54) is 38.3 Å². The lowest BCUT2D eigenvalue weighted by Crippen LogP contribution is -2.12. The highest BCUT2D eigenvalue weighted by molar-refractivity contribution is 5.96. The van der Waals surface area contributed by atoms with Crippen LogP contribution in [0.4, 0.5) is 23.3 Å². The quantitative estimate of drug-likeness (QED) is 0.0936. The van der Waals surface area contributed by atoms with E-state index in [2.05, 4.69) is 32.5 Å². The first-order chi connectivity index (χ1) is 21.1. The number of unbranched alkanes of at least 4 members (excludes halogenated alkanes) is 5. The summed E-state index contributed by atoms with van der Waals surface area (Å²) in [4.78, 5) is 26.1. The molecule has 0 aliphatic heterocycles. The van der Waals surface area contributed by atoms with Crippen LogP contribution in [-0.2, 0) is 4.74 Å². The number of anilines is 4. The predicted molar refractivity (Wildman–Crippen MR) is 171 cm³/mol. The normalized spacial score (nSPS) is 10.7. The molecule has 0 atom stereocenters. The van der Waals surface area contributed by atoms with Crippen molar-refractivity contribution in [2.75, 3.05) is 31.0 Å². The zero-order valence-electron chi connectivity index (χ0n) is 25.3. The van der Waals surface area contributed by atoms with Gasteiger partial charge >= 0.3 is 5.97 Å². The van der Waals surface area contributed by atoms with Gasteiger partial charge in [0.25, 0.3) is 0 Å². The minimum atomic E-state index is -0.515. The lowest BCUT2D eigenvalue weighted by molar-refractivity contribution is 0.0505. The predicted octanol–water partition coefficient (Wildman–Crippen LogP) is 8.34. The Bertz CT molecular complexity index is 1450. The first-order valence-electron chi connectivity index (χ1n) is 15.0. The Morgan fingerprint density at radius 2 is 1.67 bits per heavy atom. The van der Waals surface area contributed by atoms with Crippen LogP contribution >= 0.6 is 0 Å².